The van der Waals surface area contributed by atoms with E-state index in [4.69, 9.17) is 10.7 Å². The molecule has 3 N–H and O–H groups in total. The lowest BCUT2D eigenvalue weighted by molar-refractivity contribution is -0.897. The SMILES string of the molecule is CC(F)(F)S(=O)(=O)NS(=O)(=O)C(F)(F)C(F)(F)F.CCC[N+]1(C)CCCC1.CCC[N+]1(C)CCCC1.CCC[N+]1(C)CCCC1.CCC[N+]1(C)CCCC1.CS(=O)(=O)NS(=O)(=O)C(F)(F)F.N#CN=C=[N-].O=S(=O)(F)NS(=O)(=O)F. The molecule has 0 aromatic rings. The molecule has 4 fully saturated rings. The Bertz CT molecular complexity index is 2470. The van der Waals surface area contributed by atoms with E-state index in [0.717, 1.165) is 0 Å². The van der Waals surface area contributed by atoms with E-state index >= 15 is 0 Å². The summed E-state index contributed by atoms with van der Waals surface area (Å²) in [6.07, 6.45) is 11.9. The number of nitriles is 1. The van der Waals surface area contributed by atoms with Crippen LogP contribution in [0.5, 0.6) is 0 Å². The van der Waals surface area contributed by atoms with Gasteiger partial charge in [-0.1, -0.05) is 43.7 Å². The third-order valence-electron chi connectivity index (χ3n) is 11.9. The maximum absolute atomic E-state index is 12.3. The minimum absolute atomic E-state index is 0.0694. The number of nitrogens with zero attached hydrogens (tertiary/aromatic N) is 7. The van der Waals surface area contributed by atoms with Crippen molar-refractivity contribution >= 4 is 66.9 Å². The Hall–Kier alpha value is -2.55. The first-order chi connectivity index (χ1) is 35.6. The van der Waals surface area contributed by atoms with Crippen molar-refractivity contribution in [3.8, 4) is 6.19 Å². The molecular formula is C40H81F12N10O12S6+3. The fraction of sp³-hybridized carbons (Fsp3) is 0.950. The lowest BCUT2D eigenvalue weighted by Crippen LogP contribution is -2.53. The predicted octanol–water partition coefficient (Wildman–Crippen LogP) is 6.15. The molecule has 40 heteroatoms. The highest BCUT2D eigenvalue weighted by molar-refractivity contribution is 8.06. The maximum atomic E-state index is 12.3. The van der Waals surface area contributed by atoms with Crippen LogP contribution in [0.25, 0.3) is 5.41 Å². The zero-order valence-electron chi connectivity index (χ0n) is 46.5. The number of halogens is 12. The Kier molecular flexibility index (Phi) is 36.7. The topological polar surface area (TPSA) is 299 Å². The van der Waals surface area contributed by atoms with Gasteiger partial charge in [0.15, 0.2) is 0 Å². The van der Waals surface area contributed by atoms with Crippen molar-refractivity contribution in [1.29, 1.82) is 5.26 Å². The van der Waals surface area contributed by atoms with E-state index in [1.165, 1.54) is 186 Å². The van der Waals surface area contributed by atoms with Crippen LogP contribution in [0, 0.1) is 11.5 Å². The van der Waals surface area contributed by atoms with E-state index in [1.54, 1.807) is 0 Å². The van der Waals surface area contributed by atoms with Crippen molar-refractivity contribution in [2.75, 3.05) is 113 Å². The predicted molar refractivity (Wildman–Crippen MR) is 276 cm³/mol. The van der Waals surface area contributed by atoms with E-state index in [9.17, 15) is 102 Å². The molecule has 0 atom stereocenters. The summed E-state index contributed by atoms with van der Waals surface area (Å²) in [6, 6.07) is 1.28. The molecule has 80 heavy (non-hydrogen) atoms. The van der Waals surface area contributed by atoms with Crippen LogP contribution in [0.1, 0.15) is 112 Å². The summed E-state index contributed by atoms with van der Waals surface area (Å²) in [7, 11) is -24.8. The van der Waals surface area contributed by atoms with Gasteiger partial charge in [-0.15, -0.1) is 10.1 Å². The van der Waals surface area contributed by atoms with Crippen LogP contribution in [0.4, 0.5) is 51.7 Å². The molecule has 0 amide bonds. The second-order valence-corrected chi connectivity index (χ2v) is 30.0. The van der Waals surface area contributed by atoms with Gasteiger partial charge in [-0.3, -0.25) is 0 Å². The third kappa shape index (κ3) is 37.6. The normalized spacial score (nSPS) is 18.6. The smallest absolute Gasteiger partial charge is 0.422 e. The van der Waals surface area contributed by atoms with Crippen LogP contribution in [-0.2, 0) is 60.9 Å². The molecule has 4 aliphatic heterocycles. The second-order valence-electron chi connectivity index (χ2n) is 20.0. The van der Waals surface area contributed by atoms with Gasteiger partial charge in [0.05, 0.1) is 119 Å². The van der Waals surface area contributed by atoms with Gasteiger partial charge in [0, 0.05) is 58.3 Å². The van der Waals surface area contributed by atoms with E-state index in [1.807, 2.05) is 0 Å². The summed E-state index contributed by atoms with van der Waals surface area (Å²) in [5, 5.41) is 3.44. The summed E-state index contributed by atoms with van der Waals surface area (Å²) in [5.41, 5.74) is -5.62. The van der Waals surface area contributed by atoms with Crippen molar-refractivity contribution < 1.29 is 120 Å². The van der Waals surface area contributed by atoms with Crippen molar-refractivity contribution in [1.82, 2.24) is 12.4 Å². The fourth-order valence-corrected chi connectivity index (χ4v) is 13.6. The fourth-order valence-electron chi connectivity index (χ4n) is 8.26. The van der Waals surface area contributed by atoms with Crippen LogP contribution in [0.15, 0.2) is 4.99 Å². The summed E-state index contributed by atoms with van der Waals surface area (Å²) in [5.74, 6) is 0. The molecule has 4 rings (SSSR count). The molecule has 0 aromatic heterocycles. The number of quaternary nitrogens is 4. The molecule has 22 nitrogen and oxygen atoms in total. The number of likely N-dealkylation sites (tertiary alicyclic amines) is 4. The molecular weight excluding hydrogens is 1230 g/mol. The molecule has 4 aliphatic rings. The molecule has 0 unspecified atom stereocenters. The Morgan fingerprint density at radius 1 is 0.475 bits per heavy atom. The van der Waals surface area contributed by atoms with Crippen LogP contribution < -0.4 is 12.4 Å². The molecule has 4 heterocycles. The molecule has 0 radical (unpaired) electrons. The third-order valence-corrected chi connectivity index (χ3v) is 19.8. The van der Waals surface area contributed by atoms with E-state index in [-0.39, 0.29) is 8.25 Å². The summed E-state index contributed by atoms with van der Waals surface area (Å²) >= 11 is 0. The van der Waals surface area contributed by atoms with Crippen molar-refractivity contribution in [2.24, 2.45) is 4.99 Å². The minimum Gasteiger partial charge on any atom is -0.422 e. The van der Waals surface area contributed by atoms with E-state index in [2.05, 4.69) is 60.9 Å². The van der Waals surface area contributed by atoms with Gasteiger partial charge in [-0.2, -0.15) is 66.0 Å². The molecule has 480 valence electrons. The Balaban J connectivity index is -0.000000421. The highest BCUT2D eigenvalue weighted by Gasteiger charge is 2.69. The molecule has 0 aliphatic carbocycles. The highest BCUT2D eigenvalue weighted by Crippen LogP contribution is 2.40. The average molecular weight is 1310 g/mol. The number of hydrogen-bond donors (Lipinski definition) is 3. The van der Waals surface area contributed by atoms with E-state index < -0.39 is 90.0 Å². The summed E-state index contributed by atoms with van der Waals surface area (Å²) < 4.78 is 266. The zero-order valence-corrected chi connectivity index (χ0v) is 51.4. The van der Waals surface area contributed by atoms with Crippen LogP contribution in [0.2, 0.25) is 0 Å². The molecule has 0 spiro atoms. The maximum Gasteiger partial charge on any atom is 0.512 e. The first kappa shape index (κ1) is 83.9. The van der Waals surface area contributed by atoms with Gasteiger partial charge < -0.3 is 28.3 Å². The quantitative estimate of drug-likeness (QED) is 0.0514. The van der Waals surface area contributed by atoms with Gasteiger partial charge in [0.25, 0.3) is 20.0 Å². The molecule has 0 aromatic carbocycles. The molecule has 0 bridgehead atoms. The number of hydrogen-bond acceptors (Lipinski definition) is 14. The zero-order chi connectivity index (χ0) is 64.2. The number of sulfonamides is 4. The first-order valence-electron chi connectivity index (χ1n) is 24.5. The Labute approximate surface area is 466 Å². The van der Waals surface area contributed by atoms with Crippen LogP contribution in [-0.4, -0.2) is 210 Å². The second kappa shape index (κ2) is 35.0. The molecule has 0 saturated carbocycles. The standard InChI is InChI=1S/4C8H18N.C4H4F7NO4S2.C2H4F3NO4S2.C2N3.F2HNO4S2/c4*1-3-6-9(2)7-4-5-8-9;1-2(5,6)17(13,14)12-18(15,16)4(10,11)3(7,8)9;1-11(7,8)6-12(9,10)2(3,4)5;3-1-5-2-4;1-8(4,5)3-9(2,6)7/h4*3-8H2,1-2H3;12H,1H3;6H,1H3;;3H/q4*+1;;;-1;. The number of nitrogens with one attached hydrogen (secondary N) is 3. The van der Waals surface area contributed by atoms with Crippen molar-refractivity contribution in [3.05, 3.63) is 5.41 Å². The minimum atomic E-state index is -6.93. The van der Waals surface area contributed by atoms with Gasteiger partial charge >= 0.3 is 53.0 Å². The van der Waals surface area contributed by atoms with Gasteiger partial charge in [0.2, 0.25) is 10.0 Å². The van der Waals surface area contributed by atoms with Gasteiger partial charge in [0.1, 0.15) is 0 Å². The lowest BCUT2D eigenvalue weighted by atomic mass is 10.4. The number of aliphatic imine (C=N–C) groups is 1. The van der Waals surface area contributed by atoms with Gasteiger partial charge in [-0.25, -0.2) is 33.7 Å². The van der Waals surface area contributed by atoms with Crippen molar-refractivity contribution in [3.63, 3.8) is 0 Å². The average Bonchev–Trinajstić information content (AvgIpc) is 4.07. The molecule has 4 saturated heterocycles. The summed E-state index contributed by atoms with van der Waals surface area (Å²) in [4.78, 5) is 2.58. The van der Waals surface area contributed by atoms with Crippen LogP contribution in [0.3, 0.4) is 0 Å². The van der Waals surface area contributed by atoms with Crippen molar-refractivity contribution in [2.45, 2.75) is 134 Å². The number of rotatable bonds is 16. The van der Waals surface area contributed by atoms with E-state index in [0.29, 0.717) is 10.4 Å². The highest BCUT2D eigenvalue weighted by atomic mass is 32.3. The monoisotopic (exact) mass is 1310 g/mol. The number of alkyl halides is 10. The largest absolute Gasteiger partial charge is 0.512 e. The van der Waals surface area contributed by atoms with Gasteiger partial charge in [-0.05, 0) is 25.7 Å². The van der Waals surface area contributed by atoms with Crippen LogP contribution >= 0.6 is 0 Å². The summed E-state index contributed by atoms with van der Waals surface area (Å²) in [6.45, 7) is 25.7. The lowest BCUT2D eigenvalue weighted by Gasteiger charge is -2.28. The first-order valence-corrected chi connectivity index (χ1v) is 33.6. The Morgan fingerprint density at radius 2 is 0.725 bits per heavy atom. The Morgan fingerprint density at radius 3 is 0.838 bits per heavy atom.